The summed E-state index contributed by atoms with van der Waals surface area (Å²) < 4.78 is 4.83. The van der Waals surface area contributed by atoms with Gasteiger partial charge in [0.15, 0.2) is 0 Å². The number of ether oxygens (including phenoxy) is 1. The molecule has 0 aromatic heterocycles. The van der Waals surface area contributed by atoms with Gasteiger partial charge in [0.05, 0.1) is 0 Å². The van der Waals surface area contributed by atoms with Crippen LogP contribution < -0.4 is 5.73 Å². The molecule has 1 aliphatic heterocycles. The lowest BCUT2D eigenvalue weighted by Crippen LogP contribution is -2.08. The predicted molar refractivity (Wildman–Crippen MR) is 64.8 cm³/mol. The van der Waals surface area contributed by atoms with E-state index in [9.17, 15) is 4.79 Å². The van der Waals surface area contributed by atoms with Gasteiger partial charge < -0.3 is 10.5 Å². The zero-order valence-corrected chi connectivity index (χ0v) is 9.63. The minimum absolute atomic E-state index is 0.292. The summed E-state index contributed by atoms with van der Waals surface area (Å²) in [6.45, 7) is 0.354. The number of nitrogens with two attached hydrogens (primary N) is 1. The number of hydrogen-bond acceptors (Lipinski definition) is 4. The molecular formula is C12H13NO2S. The Morgan fingerprint density at radius 2 is 2.00 bits per heavy atom. The lowest BCUT2D eigenvalue weighted by atomic mass is 10.2. The van der Waals surface area contributed by atoms with Crippen molar-refractivity contribution < 1.29 is 9.53 Å². The van der Waals surface area contributed by atoms with Gasteiger partial charge >= 0.3 is 5.97 Å². The molecule has 1 aromatic rings. The van der Waals surface area contributed by atoms with Crippen molar-refractivity contribution in [3.63, 3.8) is 0 Å². The molecule has 1 heterocycles. The van der Waals surface area contributed by atoms with E-state index in [1.54, 1.807) is 11.8 Å². The van der Waals surface area contributed by atoms with Crippen molar-refractivity contribution in [1.82, 2.24) is 0 Å². The van der Waals surface area contributed by atoms with Crippen molar-refractivity contribution in [2.45, 2.75) is 5.75 Å². The minimum atomic E-state index is -0.379. The molecule has 84 valence electrons. The molecule has 0 saturated heterocycles. The number of esters is 1. The Morgan fingerprint density at radius 3 is 2.62 bits per heavy atom. The number of thioether (sulfide) groups is 1. The molecule has 0 radical (unpaired) electrons. The van der Waals surface area contributed by atoms with Crippen LogP contribution in [-0.2, 0) is 15.3 Å². The van der Waals surface area contributed by atoms with Crippen LogP contribution in [0.1, 0.15) is 5.56 Å². The van der Waals surface area contributed by atoms with E-state index < -0.39 is 0 Å². The Kier molecular flexibility index (Phi) is 3.51. The highest BCUT2D eigenvalue weighted by atomic mass is 32.2. The quantitative estimate of drug-likeness (QED) is 0.807. The molecule has 3 nitrogen and oxygen atoms in total. The van der Waals surface area contributed by atoms with Gasteiger partial charge in [0, 0.05) is 17.1 Å². The van der Waals surface area contributed by atoms with Crippen LogP contribution in [0, 0.1) is 0 Å². The van der Waals surface area contributed by atoms with E-state index in [-0.39, 0.29) is 5.97 Å². The van der Waals surface area contributed by atoms with E-state index in [2.05, 4.69) is 12.1 Å². The molecule has 2 rings (SSSR count). The van der Waals surface area contributed by atoms with Crippen molar-refractivity contribution >= 4 is 17.7 Å². The van der Waals surface area contributed by atoms with E-state index in [1.165, 1.54) is 5.56 Å². The fourth-order valence-corrected chi connectivity index (χ4v) is 2.45. The van der Waals surface area contributed by atoms with E-state index in [0.29, 0.717) is 12.3 Å². The third-order valence-corrected chi connectivity index (χ3v) is 3.46. The highest BCUT2D eigenvalue weighted by Gasteiger charge is 2.21. The molecule has 16 heavy (non-hydrogen) atoms. The number of carbonyl (C=O) groups excluding carboxylic acids is 1. The Morgan fingerprint density at radius 1 is 1.25 bits per heavy atom. The molecule has 1 aliphatic rings. The third-order valence-electron chi connectivity index (χ3n) is 2.37. The van der Waals surface area contributed by atoms with Gasteiger partial charge in [0.2, 0.25) is 0 Å². The molecule has 1 aromatic carbocycles. The molecule has 0 aliphatic carbocycles. The van der Waals surface area contributed by atoms with Crippen molar-refractivity contribution in [1.29, 1.82) is 0 Å². The van der Waals surface area contributed by atoms with Gasteiger partial charge in [0.25, 0.3) is 0 Å². The summed E-state index contributed by atoms with van der Waals surface area (Å²) in [4.78, 5) is 11.0. The van der Waals surface area contributed by atoms with E-state index >= 15 is 0 Å². The first-order valence-electron chi connectivity index (χ1n) is 5.03. The SMILES string of the molecule is NC1=C(CSCc2ccccc2)COC1=O. The maximum Gasteiger partial charge on any atom is 0.354 e. The standard InChI is InChI=1S/C12H13NO2S/c13-11-10(6-15-12(11)14)8-16-7-9-4-2-1-3-5-9/h1-5H,6-8,13H2. The van der Waals surface area contributed by atoms with Crippen molar-refractivity contribution in [3.8, 4) is 0 Å². The molecular weight excluding hydrogens is 222 g/mol. The number of cyclic esters (lactones) is 1. The zero-order valence-electron chi connectivity index (χ0n) is 8.81. The van der Waals surface area contributed by atoms with Gasteiger partial charge in [-0.3, -0.25) is 0 Å². The molecule has 0 fully saturated rings. The lowest BCUT2D eigenvalue weighted by Gasteiger charge is -2.02. The van der Waals surface area contributed by atoms with Crippen LogP contribution >= 0.6 is 11.8 Å². The van der Waals surface area contributed by atoms with Crippen LogP contribution in [0.25, 0.3) is 0 Å². The highest BCUT2D eigenvalue weighted by molar-refractivity contribution is 7.98. The van der Waals surface area contributed by atoms with Gasteiger partial charge in [-0.15, -0.1) is 0 Å². The molecule has 4 heteroatoms. The fraction of sp³-hybridized carbons (Fsp3) is 0.250. The first-order chi connectivity index (χ1) is 7.77. The van der Waals surface area contributed by atoms with Crippen LogP contribution in [0.5, 0.6) is 0 Å². The average molecular weight is 235 g/mol. The molecule has 0 saturated carbocycles. The summed E-state index contributed by atoms with van der Waals surface area (Å²) in [6, 6.07) is 10.2. The third kappa shape index (κ3) is 2.58. The molecule has 0 atom stereocenters. The topological polar surface area (TPSA) is 52.3 Å². The number of rotatable bonds is 4. The second-order valence-electron chi connectivity index (χ2n) is 3.57. The average Bonchev–Trinajstić information content (AvgIpc) is 2.62. The zero-order chi connectivity index (χ0) is 11.4. The van der Waals surface area contributed by atoms with Crippen molar-refractivity contribution in [2.24, 2.45) is 5.73 Å². The maximum absolute atomic E-state index is 11.0. The second-order valence-corrected chi connectivity index (χ2v) is 4.56. The summed E-state index contributed by atoms with van der Waals surface area (Å²) in [5, 5.41) is 0. The minimum Gasteiger partial charge on any atom is -0.456 e. The van der Waals surface area contributed by atoms with Gasteiger partial charge in [-0.25, -0.2) is 4.79 Å². The number of benzene rings is 1. The van der Waals surface area contributed by atoms with E-state index in [1.807, 2.05) is 18.2 Å². The van der Waals surface area contributed by atoms with E-state index in [4.69, 9.17) is 10.5 Å². The predicted octanol–water partition coefficient (Wildman–Crippen LogP) is 1.69. The van der Waals surface area contributed by atoms with Crippen LogP contribution in [0.4, 0.5) is 0 Å². The monoisotopic (exact) mass is 235 g/mol. The van der Waals surface area contributed by atoms with Crippen molar-refractivity contribution in [3.05, 3.63) is 47.2 Å². The second kappa shape index (κ2) is 5.07. The van der Waals surface area contributed by atoms with Gasteiger partial charge in [-0.2, -0.15) is 11.8 Å². The normalized spacial score (nSPS) is 15.4. The summed E-state index contributed by atoms with van der Waals surface area (Å²) in [5.41, 5.74) is 8.07. The molecule has 0 unspecified atom stereocenters. The maximum atomic E-state index is 11.0. The Bertz CT molecular complexity index is 414. The lowest BCUT2D eigenvalue weighted by molar-refractivity contribution is -0.136. The largest absolute Gasteiger partial charge is 0.456 e. The Balaban J connectivity index is 1.83. The van der Waals surface area contributed by atoms with Crippen molar-refractivity contribution in [2.75, 3.05) is 12.4 Å². The molecule has 0 amide bonds. The molecule has 0 bridgehead atoms. The molecule has 2 N–H and O–H groups in total. The summed E-state index contributed by atoms with van der Waals surface area (Å²) >= 11 is 1.74. The van der Waals surface area contributed by atoms with Crippen LogP contribution in [0.2, 0.25) is 0 Å². The van der Waals surface area contributed by atoms with Crippen LogP contribution in [0.15, 0.2) is 41.6 Å². The van der Waals surface area contributed by atoms with Gasteiger partial charge in [0.1, 0.15) is 12.3 Å². The number of carbonyl (C=O) groups is 1. The first-order valence-corrected chi connectivity index (χ1v) is 6.19. The smallest absolute Gasteiger partial charge is 0.354 e. The molecule has 0 spiro atoms. The Hall–Kier alpha value is -1.42. The highest BCUT2D eigenvalue weighted by Crippen LogP contribution is 2.19. The van der Waals surface area contributed by atoms with Crippen LogP contribution in [0.3, 0.4) is 0 Å². The first kappa shape index (κ1) is 11.1. The van der Waals surface area contributed by atoms with Gasteiger partial charge in [-0.05, 0) is 5.56 Å². The Labute approximate surface area is 98.7 Å². The van der Waals surface area contributed by atoms with Gasteiger partial charge in [-0.1, -0.05) is 30.3 Å². The summed E-state index contributed by atoms with van der Waals surface area (Å²) in [5.74, 6) is 1.30. The summed E-state index contributed by atoms with van der Waals surface area (Å²) in [7, 11) is 0. The van der Waals surface area contributed by atoms with Crippen LogP contribution in [-0.4, -0.2) is 18.3 Å². The fourth-order valence-electron chi connectivity index (χ4n) is 1.44. The summed E-state index contributed by atoms with van der Waals surface area (Å²) in [6.07, 6.45) is 0. The number of hydrogen-bond donors (Lipinski definition) is 1. The van der Waals surface area contributed by atoms with E-state index in [0.717, 1.165) is 17.1 Å².